The number of hydrogen-bond acceptors (Lipinski definition) is 5. The Hall–Kier alpha value is -2.17. The molecule has 1 aliphatic rings. The zero-order valence-electron chi connectivity index (χ0n) is 13.4. The third-order valence-corrected chi connectivity index (χ3v) is 6.33. The van der Waals surface area contributed by atoms with E-state index in [1.54, 1.807) is 10.6 Å². The molecule has 0 N–H and O–H groups in total. The molecule has 0 spiro atoms. The lowest BCUT2D eigenvalue weighted by Crippen LogP contribution is -2.31. The van der Waals surface area contributed by atoms with Gasteiger partial charge in [-0.15, -0.1) is 11.3 Å². The third kappa shape index (κ3) is 2.86. The molecule has 25 heavy (non-hydrogen) atoms. The Morgan fingerprint density at radius 3 is 2.80 bits per heavy atom. The van der Waals surface area contributed by atoms with Crippen LogP contribution >= 0.6 is 27.3 Å². The Balaban J connectivity index is 1.92. The van der Waals surface area contributed by atoms with Crippen molar-refractivity contribution in [3.63, 3.8) is 0 Å². The number of hydrogen-bond donors (Lipinski definition) is 0. The number of nitriles is 1. The SMILES string of the molecule is N#Cc1ccccc1Cn1c(N2CCCC2)nc2c(Br)csc2c1=O. The number of aromatic nitrogens is 2. The maximum Gasteiger partial charge on any atom is 0.273 e. The predicted octanol–water partition coefficient (Wildman–Crippen LogP) is 3.74. The van der Waals surface area contributed by atoms with Gasteiger partial charge in [0.1, 0.15) is 10.2 Å². The third-order valence-electron chi connectivity index (χ3n) is 4.47. The van der Waals surface area contributed by atoms with E-state index in [1.807, 2.05) is 23.6 Å². The lowest BCUT2D eigenvalue weighted by molar-refractivity contribution is 0.716. The second kappa shape index (κ2) is 6.62. The Labute approximate surface area is 157 Å². The van der Waals surface area contributed by atoms with Gasteiger partial charge in [-0.3, -0.25) is 9.36 Å². The van der Waals surface area contributed by atoms with Crippen LogP contribution in [0.4, 0.5) is 5.95 Å². The fourth-order valence-corrected chi connectivity index (χ4v) is 4.71. The van der Waals surface area contributed by atoms with Crippen molar-refractivity contribution in [2.75, 3.05) is 18.0 Å². The van der Waals surface area contributed by atoms with Crippen LogP contribution in [-0.2, 0) is 6.54 Å². The first kappa shape index (κ1) is 16.3. The van der Waals surface area contributed by atoms with Gasteiger partial charge in [0.15, 0.2) is 0 Å². The van der Waals surface area contributed by atoms with E-state index in [0.29, 0.717) is 22.8 Å². The van der Waals surface area contributed by atoms with Gasteiger partial charge >= 0.3 is 0 Å². The molecule has 0 atom stereocenters. The molecule has 1 aliphatic heterocycles. The van der Waals surface area contributed by atoms with Gasteiger partial charge in [-0.05, 0) is 40.4 Å². The molecule has 126 valence electrons. The molecule has 1 fully saturated rings. The van der Waals surface area contributed by atoms with Crippen molar-refractivity contribution < 1.29 is 0 Å². The molecule has 1 aromatic carbocycles. The first-order chi connectivity index (χ1) is 12.2. The van der Waals surface area contributed by atoms with Crippen molar-refractivity contribution in [3.8, 4) is 6.07 Å². The van der Waals surface area contributed by atoms with Gasteiger partial charge in [0, 0.05) is 18.5 Å². The molecule has 0 amide bonds. The van der Waals surface area contributed by atoms with Crippen LogP contribution in [0, 0.1) is 11.3 Å². The minimum absolute atomic E-state index is 0.0460. The second-order valence-electron chi connectivity index (χ2n) is 6.03. The van der Waals surface area contributed by atoms with Crippen molar-refractivity contribution >= 4 is 43.4 Å². The summed E-state index contributed by atoms with van der Waals surface area (Å²) in [5, 5.41) is 11.3. The molecule has 0 saturated carbocycles. The van der Waals surface area contributed by atoms with E-state index in [9.17, 15) is 10.1 Å². The second-order valence-corrected chi connectivity index (χ2v) is 7.76. The van der Waals surface area contributed by atoms with Crippen molar-refractivity contribution in [3.05, 3.63) is 55.6 Å². The zero-order valence-corrected chi connectivity index (χ0v) is 15.8. The molecule has 0 unspecified atom stereocenters. The predicted molar refractivity (Wildman–Crippen MR) is 103 cm³/mol. The molecule has 1 saturated heterocycles. The maximum absolute atomic E-state index is 13.1. The largest absolute Gasteiger partial charge is 0.342 e. The first-order valence-corrected chi connectivity index (χ1v) is 9.77. The van der Waals surface area contributed by atoms with Crippen molar-refractivity contribution in [1.29, 1.82) is 5.26 Å². The molecular weight excluding hydrogens is 400 g/mol. The van der Waals surface area contributed by atoms with Gasteiger partial charge in [-0.2, -0.15) is 5.26 Å². The molecule has 0 aliphatic carbocycles. The molecule has 0 radical (unpaired) electrons. The van der Waals surface area contributed by atoms with Gasteiger partial charge in [0.25, 0.3) is 5.56 Å². The van der Waals surface area contributed by atoms with Crippen LogP contribution in [0.25, 0.3) is 10.2 Å². The summed E-state index contributed by atoms with van der Waals surface area (Å²) in [6.45, 7) is 2.16. The highest BCUT2D eigenvalue weighted by atomic mass is 79.9. The molecule has 7 heteroatoms. The quantitative estimate of drug-likeness (QED) is 0.654. The molecular formula is C18H15BrN4OS. The first-order valence-electron chi connectivity index (χ1n) is 8.09. The number of halogens is 1. The fourth-order valence-electron chi connectivity index (χ4n) is 3.20. The summed E-state index contributed by atoms with van der Waals surface area (Å²) < 4.78 is 3.21. The average Bonchev–Trinajstić information content (AvgIpc) is 3.28. The molecule has 3 aromatic rings. The lowest BCUT2D eigenvalue weighted by atomic mass is 10.1. The fraction of sp³-hybridized carbons (Fsp3) is 0.278. The summed E-state index contributed by atoms with van der Waals surface area (Å²) in [7, 11) is 0. The van der Waals surface area contributed by atoms with Gasteiger partial charge < -0.3 is 4.90 Å². The summed E-state index contributed by atoms with van der Waals surface area (Å²) in [4.78, 5) is 20.1. The molecule has 5 nitrogen and oxygen atoms in total. The van der Waals surface area contributed by atoms with Gasteiger partial charge in [0.05, 0.1) is 22.7 Å². The molecule has 4 rings (SSSR count). The Morgan fingerprint density at radius 1 is 1.28 bits per heavy atom. The van der Waals surface area contributed by atoms with Gasteiger partial charge in [-0.1, -0.05) is 18.2 Å². The number of thiophene rings is 1. The lowest BCUT2D eigenvalue weighted by Gasteiger charge is -2.21. The highest BCUT2D eigenvalue weighted by Gasteiger charge is 2.22. The van der Waals surface area contributed by atoms with Crippen LogP contribution in [0.2, 0.25) is 0 Å². The monoisotopic (exact) mass is 414 g/mol. The number of nitrogens with zero attached hydrogens (tertiary/aromatic N) is 4. The standard InChI is InChI=1S/C18H15BrN4OS/c19-14-11-25-16-15(14)21-18(22-7-3-4-8-22)23(17(16)24)10-13-6-2-1-5-12(13)9-20/h1-2,5-6,11H,3-4,7-8,10H2. The van der Waals surface area contributed by atoms with Gasteiger partial charge in [-0.25, -0.2) is 4.98 Å². The van der Waals surface area contributed by atoms with E-state index in [-0.39, 0.29) is 5.56 Å². The highest BCUT2D eigenvalue weighted by molar-refractivity contribution is 9.10. The van der Waals surface area contributed by atoms with E-state index >= 15 is 0 Å². The normalized spacial score (nSPS) is 14.2. The van der Waals surface area contributed by atoms with E-state index < -0.39 is 0 Å². The summed E-state index contributed by atoms with van der Waals surface area (Å²) >= 11 is 4.90. The van der Waals surface area contributed by atoms with E-state index in [4.69, 9.17) is 4.98 Å². The van der Waals surface area contributed by atoms with Crippen LogP contribution < -0.4 is 10.5 Å². The zero-order chi connectivity index (χ0) is 17.4. The molecule has 3 heterocycles. The van der Waals surface area contributed by atoms with Gasteiger partial charge in [0.2, 0.25) is 5.95 Å². The molecule has 2 aromatic heterocycles. The van der Waals surface area contributed by atoms with Crippen LogP contribution in [0.5, 0.6) is 0 Å². The summed E-state index contributed by atoms with van der Waals surface area (Å²) in [5.41, 5.74) is 2.11. The topological polar surface area (TPSA) is 61.9 Å². The summed E-state index contributed by atoms with van der Waals surface area (Å²) in [5.74, 6) is 0.696. The van der Waals surface area contributed by atoms with Crippen LogP contribution in [0.3, 0.4) is 0 Å². The Kier molecular flexibility index (Phi) is 4.32. The smallest absolute Gasteiger partial charge is 0.273 e. The van der Waals surface area contributed by atoms with Crippen molar-refractivity contribution in [2.24, 2.45) is 0 Å². The van der Waals surface area contributed by atoms with E-state index in [1.165, 1.54) is 11.3 Å². The van der Waals surface area contributed by atoms with Crippen LogP contribution in [0.15, 0.2) is 38.9 Å². The van der Waals surface area contributed by atoms with E-state index in [0.717, 1.165) is 41.5 Å². The Bertz CT molecular complexity index is 1040. The molecule has 0 bridgehead atoms. The minimum atomic E-state index is -0.0460. The Morgan fingerprint density at radius 2 is 2.04 bits per heavy atom. The summed E-state index contributed by atoms with van der Waals surface area (Å²) in [6, 6.07) is 9.62. The van der Waals surface area contributed by atoms with Crippen molar-refractivity contribution in [1.82, 2.24) is 9.55 Å². The minimum Gasteiger partial charge on any atom is -0.342 e. The summed E-state index contributed by atoms with van der Waals surface area (Å²) in [6.07, 6.45) is 2.21. The van der Waals surface area contributed by atoms with Crippen molar-refractivity contribution in [2.45, 2.75) is 19.4 Å². The number of anilines is 1. The van der Waals surface area contributed by atoms with E-state index in [2.05, 4.69) is 26.9 Å². The average molecular weight is 415 g/mol. The van der Waals surface area contributed by atoms with Crippen LogP contribution in [-0.4, -0.2) is 22.6 Å². The highest BCUT2D eigenvalue weighted by Crippen LogP contribution is 2.29. The maximum atomic E-state index is 13.1. The number of rotatable bonds is 3. The van der Waals surface area contributed by atoms with Crippen LogP contribution in [0.1, 0.15) is 24.0 Å². The number of fused-ring (bicyclic) bond motifs is 1. The number of benzene rings is 1.